The van der Waals surface area contributed by atoms with Gasteiger partial charge in [0.25, 0.3) is 0 Å². The highest BCUT2D eigenvalue weighted by atomic mass is 79.9. The Morgan fingerprint density at radius 3 is 2.38 bits per heavy atom. The largest absolute Gasteiger partial charge is 0.310 e. The number of benzene rings is 1. The maximum atomic E-state index is 4.87. The zero-order valence-electron chi connectivity index (χ0n) is 13.1. The first kappa shape index (κ1) is 16.7. The Bertz CT molecular complexity index is 573. The minimum absolute atomic E-state index is 0.476. The molecular weight excluding hydrogens is 344 g/mol. The fourth-order valence-electron chi connectivity index (χ4n) is 2.14. The van der Waals surface area contributed by atoms with Crippen molar-refractivity contribution in [2.75, 3.05) is 0 Å². The lowest BCUT2D eigenvalue weighted by Crippen LogP contribution is -2.22. The fourth-order valence-corrected chi connectivity index (χ4v) is 3.61. The number of halogens is 1. The lowest BCUT2D eigenvalue weighted by Gasteiger charge is -2.09. The quantitative estimate of drug-likeness (QED) is 0.767. The predicted molar refractivity (Wildman–Crippen MR) is 95.1 cm³/mol. The van der Waals surface area contributed by atoms with E-state index in [0.717, 1.165) is 17.4 Å². The first-order chi connectivity index (χ1) is 9.95. The molecule has 0 atom stereocenters. The fraction of sp³-hybridized carbons (Fsp3) is 0.471. The number of rotatable bonds is 6. The van der Waals surface area contributed by atoms with Gasteiger partial charge in [-0.25, -0.2) is 4.98 Å². The Morgan fingerprint density at radius 2 is 1.81 bits per heavy atom. The van der Waals surface area contributed by atoms with Crippen LogP contribution in [0.2, 0.25) is 0 Å². The zero-order chi connectivity index (χ0) is 15.4. The van der Waals surface area contributed by atoms with E-state index in [4.69, 9.17) is 4.98 Å². The van der Waals surface area contributed by atoms with Crippen LogP contribution in [0, 0.1) is 0 Å². The van der Waals surface area contributed by atoms with Crippen LogP contribution in [0.3, 0.4) is 0 Å². The van der Waals surface area contributed by atoms with Crippen molar-refractivity contribution in [1.29, 1.82) is 0 Å². The smallest absolute Gasteiger partial charge is 0.0975 e. The van der Waals surface area contributed by atoms with Gasteiger partial charge in [0.2, 0.25) is 0 Å². The maximum absolute atomic E-state index is 4.87. The Hall–Kier alpha value is -0.710. The van der Waals surface area contributed by atoms with Gasteiger partial charge < -0.3 is 5.32 Å². The number of aromatic nitrogens is 1. The van der Waals surface area contributed by atoms with E-state index in [9.17, 15) is 0 Å². The highest BCUT2D eigenvalue weighted by Crippen LogP contribution is 2.27. The molecule has 0 aliphatic rings. The van der Waals surface area contributed by atoms with Crippen molar-refractivity contribution < 1.29 is 0 Å². The summed E-state index contributed by atoms with van der Waals surface area (Å²) in [6.07, 6.45) is 0.916. The third-order valence-corrected chi connectivity index (χ3v) is 4.86. The SMILES string of the molecule is CC(C)NCc1sc(Cc2ccc(Br)cc2)nc1C(C)C. The van der Waals surface area contributed by atoms with Crippen LogP contribution < -0.4 is 5.32 Å². The predicted octanol–water partition coefficient (Wildman–Crippen LogP) is 5.12. The summed E-state index contributed by atoms with van der Waals surface area (Å²) in [5.74, 6) is 0.476. The van der Waals surface area contributed by atoms with Crippen molar-refractivity contribution in [3.63, 3.8) is 0 Å². The summed E-state index contributed by atoms with van der Waals surface area (Å²) < 4.78 is 1.12. The van der Waals surface area contributed by atoms with Gasteiger partial charge in [0.05, 0.1) is 10.7 Å². The Labute approximate surface area is 140 Å². The molecule has 2 nitrogen and oxygen atoms in total. The molecule has 0 spiro atoms. The van der Waals surface area contributed by atoms with E-state index in [0.29, 0.717) is 12.0 Å². The minimum Gasteiger partial charge on any atom is -0.310 e. The molecule has 0 saturated heterocycles. The molecule has 21 heavy (non-hydrogen) atoms. The summed E-state index contributed by atoms with van der Waals surface area (Å²) in [5.41, 5.74) is 2.56. The summed E-state index contributed by atoms with van der Waals surface area (Å²) >= 11 is 5.32. The van der Waals surface area contributed by atoms with Crippen LogP contribution in [0.15, 0.2) is 28.7 Å². The molecule has 1 aromatic heterocycles. The molecule has 1 N–H and O–H groups in total. The van der Waals surface area contributed by atoms with Crippen LogP contribution in [0.5, 0.6) is 0 Å². The second kappa shape index (κ2) is 7.52. The van der Waals surface area contributed by atoms with Crippen molar-refractivity contribution in [3.8, 4) is 0 Å². The number of nitrogens with zero attached hydrogens (tertiary/aromatic N) is 1. The van der Waals surface area contributed by atoms with Gasteiger partial charge in [0.15, 0.2) is 0 Å². The van der Waals surface area contributed by atoms with E-state index >= 15 is 0 Å². The second-order valence-corrected chi connectivity index (χ2v) is 7.99. The Kier molecular flexibility index (Phi) is 5.97. The first-order valence-corrected chi connectivity index (χ1v) is 9.03. The minimum atomic E-state index is 0.476. The van der Waals surface area contributed by atoms with E-state index in [1.807, 2.05) is 11.3 Å². The number of hydrogen-bond donors (Lipinski definition) is 1. The summed E-state index contributed by atoms with van der Waals surface area (Å²) in [5, 5.41) is 4.72. The number of hydrogen-bond acceptors (Lipinski definition) is 3. The molecule has 2 aromatic rings. The molecule has 4 heteroatoms. The average Bonchev–Trinajstić information content (AvgIpc) is 2.82. The van der Waals surface area contributed by atoms with Gasteiger partial charge >= 0.3 is 0 Å². The third kappa shape index (κ3) is 4.90. The van der Waals surface area contributed by atoms with Gasteiger partial charge in [-0.3, -0.25) is 0 Å². The topological polar surface area (TPSA) is 24.9 Å². The van der Waals surface area contributed by atoms with Gasteiger partial charge in [-0.05, 0) is 23.6 Å². The van der Waals surface area contributed by atoms with Crippen LogP contribution in [0.4, 0.5) is 0 Å². The van der Waals surface area contributed by atoms with E-state index in [1.54, 1.807) is 0 Å². The second-order valence-electron chi connectivity index (χ2n) is 5.91. The molecule has 1 heterocycles. The van der Waals surface area contributed by atoms with Gasteiger partial charge in [-0.2, -0.15) is 0 Å². The number of thiazole rings is 1. The van der Waals surface area contributed by atoms with Crippen LogP contribution >= 0.6 is 27.3 Å². The monoisotopic (exact) mass is 366 g/mol. The highest BCUT2D eigenvalue weighted by molar-refractivity contribution is 9.10. The summed E-state index contributed by atoms with van der Waals surface area (Å²) in [6.45, 7) is 9.72. The van der Waals surface area contributed by atoms with E-state index < -0.39 is 0 Å². The van der Waals surface area contributed by atoms with Crippen LogP contribution in [-0.2, 0) is 13.0 Å². The molecule has 0 amide bonds. The van der Waals surface area contributed by atoms with Crippen LogP contribution in [-0.4, -0.2) is 11.0 Å². The van der Waals surface area contributed by atoms with Crippen molar-refractivity contribution in [1.82, 2.24) is 10.3 Å². The van der Waals surface area contributed by atoms with Crippen molar-refractivity contribution >= 4 is 27.3 Å². The maximum Gasteiger partial charge on any atom is 0.0975 e. The highest BCUT2D eigenvalue weighted by Gasteiger charge is 2.14. The molecule has 0 fully saturated rings. The van der Waals surface area contributed by atoms with Gasteiger partial charge in [0, 0.05) is 28.4 Å². The summed E-state index contributed by atoms with van der Waals surface area (Å²) in [4.78, 5) is 6.25. The zero-order valence-corrected chi connectivity index (χ0v) is 15.5. The Morgan fingerprint density at radius 1 is 1.14 bits per heavy atom. The summed E-state index contributed by atoms with van der Waals surface area (Å²) in [7, 11) is 0. The molecule has 2 rings (SSSR count). The number of nitrogens with one attached hydrogen (secondary N) is 1. The molecule has 0 bridgehead atoms. The van der Waals surface area contributed by atoms with Crippen molar-refractivity contribution in [2.24, 2.45) is 0 Å². The molecule has 0 unspecified atom stereocenters. The molecular formula is C17H23BrN2S. The van der Waals surface area contributed by atoms with E-state index in [1.165, 1.54) is 21.1 Å². The van der Waals surface area contributed by atoms with Crippen molar-refractivity contribution in [3.05, 3.63) is 49.9 Å². The lowest BCUT2D eigenvalue weighted by atomic mass is 10.1. The molecule has 1 aromatic carbocycles. The molecule has 0 aliphatic heterocycles. The normalized spacial score (nSPS) is 11.6. The van der Waals surface area contributed by atoms with Gasteiger partial charge in [-0.1, -0.05) is 55.8 Å². The van der Waals surface area contributed by atoms with E-state index in [2.05, 4.69) is 73.2 Å². The lowest BCUT2D eigenvalue weighted by molar-refractivity contribution is 0.588. The molecule has 114 valence electrons. The van der Waals surface area contributed by atoms with Crippen molar-refractivity contribution in [2.45, 2.75) is 52.6 Å². The molecule has 0 saturated carbocycles. The first-order valence-electron chi connectivity index (χ1n) is 7.42. The standard InChI is InChI=1S/C17H23BrN2S/c1-11(2)17-15(10-19-12(3)4)21-16(20-17)9-13-5-7-14(18)8-6-13/h5-8,11-12,19H,9-10H2,1-4H3. The molecule has 0 radical (unpaired) electrons. The Balaban J connectivity index is 2.16. The van der Waals surface area contributed by atoms with E-state index in [-0.39, 0.29) is 0 Å². The summed E-state index contributed by atoms with van der Waals surface area (Å²) in [6, 6.07) is 9.00. The van der Waals surface area contributed by atoms with Crippen LogP contribution in [0.25, 0.3) is 0 Å². The van der Waals surface area contributed by atoms with Gasteiger partial charge in [0.1, 0.15) is 0 Å². The third-order valence-electron chi connectivity index (χ3n) is 3.26. The van der Waals surface area contributed by atoms with Crippen LogP contribution in [0.1, 0.15) is 54.8 Å². The average molecular weight is 367 g/mol. The molecule has 0 aliphatic carbocycles. The van der Waals surface area contributed by atoms with Gasteiger partial charge in [-0.15, -0.1) is 11.3 Å².